The van der Waals surface area contributed by atoms with Crippen LogP contribution in [0.3, 0.4) is 0 Å². The Balaban J connectivity index is 1.39. The lowest BCUT2D eigenvalue weighted by Gasteiger charge is -2.48. The molecule has 1 amide bonds. The van der Waals surface area contributed by atoms with E-state index in [2.05, 4.69) is 56.8 Å². The summed E-state index contributed by atoms with van der Waals surface area (Å²) < 4.78 is 2.09. The van der Waals surface area contributed by atoms with Gasteiger partial charge >= 0.3 is 0 Å². The van der Waals surface area contributed by atoms with Crippen molar-refractivity contribution >= 4 is 5.91 Å². The van der Waals surface area contributed by atoms with Gasteiger partial charge in [-0.25, -0.2) is 0 Å². The second-order valence-corrected chi connectivity index (χ2v) is 8.31. The van der Waals surface area contributed by atoms with Crippen molar-refractivity contribution in [2.45, 2.75) is 45.7 Å². The smallest absolute Gasteiger partial charge is 0.222 e. The zero-order valence-electron chi connectivity index (χ0n) is 16.3. The number of aromatic nitrogens is 2. The van der Waals surface area contributed by atoms with Crippen LogP contribution in [0.2, 0.25) is 0 Å². The first kappa shape index (κ1) is 18.2. The fourth-order valence-electron chi connectivity index (χ4n) is 4.75. The molecule has 2 fully saturated rings. The van der Waals surface area contributed by atoms with Crippen LogP contribution in [-0.2, 0) is 17.9 Å². The summed E-state index contributed by atoms with van der Waals surface area (Å²) in [5, 5.41) is 4.41. The molecule has 2 aliphatic heterocycles. The molecule has 1 aromatic carbocycles. The predicted octanol–water partition coefficient (Wildman–Crippen LogP) is 3.10. The van der Waals surface area contributed by atoms with Crippen LogP contribution < -0.4 is 0 Å². The minimum atomic E-state index is 0.264. The van der Waals surface area contributed by atoms with Gasteiger partial charge in [-0.15, -0.1) is 0 Å². The fourth-order valence-corrected chi connectivity index (χ4v) is 4.75. The van der Waals surface area contributed by atoms with Gasteiger partial charge in [0.15, 0.2) is 0 Å². The van der Waals surface area contributed by atoms with E-state index in [0.717, 1.165) is 45.7 Å². The minimum absolute atomic E-state index is 0.264. The number of rotatable bonds is 5. The van der Waals surface area contributed by atoms with Crippen LogP contribution in [0.15, 0.2) is 42.6 Å². The van der Waals surface area contributed by atoms with E-state index < -0.39 is 0 Å². The third-order valence-electron chi connectivity index (χ3n) is 6.26. The molecule has 1 aromatic heterocycles. The minimum Gasteiger partial charge on any atom is -0.338 e. The first-order valence-electron chi connectivity index (χ1n) is 10.2. The van der Waals surface area contributed by atoms with Crippen LogP contribution in [0.4, 0.5) is 0 Å². The monoisotopic (exact) mass is 366 g/mol. The summed E-state index contributed by atoms with van der Waals surface area (Å²) >= 11 is 0. The molecule has 5 heteroatoms. The Hall–Kier alpha value is -2.14. The number of hydrogen-bond acceptors (Lipinski definition) is 3. The predicted molar refractivity (Wildman–Crippen MR) is 106 cm³/mol. The molecule has 0 N–H and O–H groups in total. The standard InChI is InChI=1S/C22H30N4O/c1-19-9-12-23-26(19)15-14-24-13-5-10-22(17-24)11-8-21(27)25(18-22)16-20-6-3-2-4-7-20/h2-4,6-7,9,12H,5,8,10-11,13-18H2,1H3/t22-/m1/s1. The second-order valence-electron chi connectivity index (χ2n) is 8.31. The van der Waals surface area contributed by atoms with E-state index in [1.165, 1.54) is 24.1 Å². The topological polar surface area (TPSA) is 41.4 Å². The number of likely N-dealkylation sites (tertiary alicyclic amines) is 2. The number of aryl methyl sites for hydroxylation is 1. The summed E-state index contributed by atoms with van der Waals surface area (Å²) in [6.45, 7) is 8.00. The Morgan fingerprint density at radius 2 is 1.93 bits per heavy atom. The third kappa shape index (κ3) is 4.24. The fraction of sp³-hybridized carbons (Fsp3) is 0.545. The molecule has 3 heterocycles. The molecule has 4 rings (SSSR count). The SMILES string of the molecule is Cc1ccnn1CCN1CCC[C@@]2(CCC(=O)N(Cc3ccccc3)C2)C1. The zero-order valence-corrected chi connectivity index (χ0v) is 16.3. The van der Waals surface area contributed by atoms with Crippen molar-refractivity contribution in [2.75, 3.05) is 26.2 Å². The van der Waals surface area contributed by atoms with Crippen LogP contribution in [0.25, 0.3) is 0 Å². The van der Waals surface area contributed by atoms with Crippen molar-refractivity contribution in [2.24, 2.45) is 5.41 Å². The average Bonchev–Trinajstić information content (AvgIpc) is 3.09. The number of carbonyl (C=O) groups is 1. The van der Waals surface area contributed by atoms with Crippen LogP contribution in [-0.4, -0.2) is 51.7 Å². The number of amides is 1. The molecule has 0 saturated carbocycles. The average molecular weight is 367 g/mol. The van der Waals surface area contributed by atoms with Crippen LogP contribution in [0.1, 0.15) is 36.9 Å². The van der Waals surface area contributed by atoms with Crippen molar-refractivity contribution in [1.82, 2.24) is 19.6 Å². The summed E-state index contributed by atoms with van der Waals surface area (Å²) in [5.74, 6) is 0.314. The van der Waals surface area contributed by atoms with E-state index in [4.69, 9.17) is 0 Å². The highest BCUT2D eigenvalue weighted by molar-refractivity contribution is 5.77. The maximum Gasteiger partial charge on any atom is 0.222 e. The van der Waals surface area contributed by atoms with Gasteiger partial charge in [-0.2, -0.15) is 5.10 Å². The van der Waals surface area contributed by atoms with Gasteiger partial charge in [-0.1, -0.05) is 30.3 Å². The highest BCUT2D eigenvalue weighted by atomic mass is 16.2. The first-order valence-corrected chi connectivity index (χ1v) is 10.2. The van der Waals surface area contributed by atoms with Gasteiger partial charge < -0.3 is 9.80 Å². The molecule has 0 aliphatic carbocycles. The Morgan fingerprint density at radius 1 is 1.07 bits per heavy atom. The molecule has 0 unspecified atom stereocenters. The maximum absolute atomic E-state index is 12.5. The summed E-state index contributed by atoms with van der Waals surface area (Å²) in [7, 11) is 0. The summed E-state index contributed by atoms with van der Waals surface area (Å²) in [5.41, 5.74) is 2.71. The number of nitrogens with zero attached hydrogens (tertiary/aromatic N) is 4. The van der Waals surface area contributed by atoms with E-state index in [-0.39, 0.29) is 5.41 Å². The van der Waals surface area contributed by atoms with Crippen molar-refractivity contribution in [3.63, 3.8) is 0 Å². The Morgan fingerprint density at radius 3 is 2.70 bits per heavy atom. The van der Waals surface area contributed by atoms with Crippen molar-refractivity contribution < 1.29 is 4.79 Å². The molecule has 1 atom stereocenters. The molecular weight excluding hydrogens is 336 g/mol. The molecule has 5 nitrogen and oxygen atoms in total. The number of benzene rings is 1. The molecule has 0 bridgehead atoms. The van der Waals surface area contributed by atoms with Crippen LogP contribution in [0, 0.1) is 12.3 Å². The molecule has 27 heavy (non-hydrogen) atoms. The normalized spacial score (nSPS) is 23.9. The van der Waals surface area contributed by atoms with Gasteiger partial charge in [0.05, 0.1) is 6.54 Å². The van der Waals surface area contributed by atoms with E-state index in [1.54, 1.807) is 0 Å². The summed E-state index contributed by atoms with van der Waals surface area (Å²) in [6.07, 6.45) is 6.07. The molecule has 0 radical (unpaired) electrons. The van der Waals surface area contributed by atoms with Gasteiger partial charge in [-0.05, 0) is 44.4 Å². The van der Waals surface area contributed by atoms with Crippen molar-refractivity contribution in [3.8, 4) is 0 Å². The number of carbonyl (C=O) groups excluding carboxylic acids is 1. The Bertz CT molecular complexity index is 772. The quantitative estimate of drug-likeness (QED) is 0.816. The van der Waals surface area contributed by atoms with Crippen LogP contribution in [0.5, 0.6) is 0 Å². The first-order chi connectivity index (χ1) is 13.1. The Labute approximate surface area is 162 Å². The summed E-state index contributed by atoms with van der Waals surface area (Å²) in [4.78, 5) is 17.2. The largest absolute Gasteiger partial charge is 0.338 e. The highest BCUT2D eigenvalue weighted by Gasteiger charge is 2.41. The lowest BCUT2D eigenvalue weighted by molar-refractivity contribution is -0.140. The van der Waals surface area contributed by atoms with E-state index >= 15 is 0 Å². The van der Waals surface area contributed by atoms with Gasteiger partial charge in [0.2, 0.25) is 5.91 Å². The maximum atomic E-state index is 12.5. The van der Waals surface area contributed by atoms with E-state index in [0.29, 0.717) is 12.3 Å². The highest BCUT2D eigenvalue weighted by Crippen LogP contribution is 2.39. The second kappa shape index (κ2) is 7.85. The lowest BCUT2D eigenvalue weighted by Crippen LogP contribution is -2.54. The van der Waals surface area contributed by atoms with Gasteiger partial charge in [0.25, 0.3) is 0 Å². The number of piperidine rings is 2. The molecule has 2 saturated heterocycles. The van der Waals surface area contributed by atoms with Crippen molar-refractivity contribution in [3.05, 3.63) is 53.9 Å². The zero-order chi connectivity index (χ0) is 18.7. The third-order valence-corrected chi connectivity index (χ3v) is 6.26. The van der Waals surface area contributed by atoms with E-state index in [1.807, 2.05) is 12.3 Å². The molecule has 144 valence electrons. The lowest BCUT2D eigenvalue weighted by atomic mass is 9.73. The summed E-state index contributed by atoms with van der Waals surface area (Å²) in [6, 6.07) is 12.4. The number of hydrogen-bond donors (Lipinski definition) is 0. The van der Waals surface area contributed by atoms with Gasteiger partial charge in [0, 0.05) is 49.9 Å². The molecular formula is C22H30N4O. The van der Waals surface area contributed by atoms with Crippen molar-refractivity contribution in [1.29, 1.82) is 0 Å². The molecule has 2 aliphatic rings. The van der Waals surface area contributed by atoms with E-state index in [9.17, 15) is 4.79 Å². The van der Waals surface area contributed by atoms with Gasteiger partial charge in [0.1, 0.15) is 0 Å². The molecule has 1 spiro atoms. The Kier molecular flexibility index (Phi) is 5.30. The molecule has 2 aromatic rings. The van der Waals surface area contributed by atoms with Crippen LogP contribution >= 0.6 is 0 Å². The van der Waals surface area contributed by atoms with Gasteiger partial charge in [-0.3, -0.25) is 9.48 Å².